The number of carbonyl (C=O) groups excluding carboxylic acids is 4. The number of benzene rings is 2. The van der Waals surface area contributed by atoms with Crippen LogP contribution in [0.3, 0.4) is 0 Å². The first-order valence-corrected chi connectivity index (χ1v) is 10.0. The van der Waals surface area contributed by atoms with E-state index in [1.807, 2.05) is 13.0 Å². The van der Waals surface area contributed by atoms with E-state index in [0.29, 0.717) is 22.1 Å². The number of hydrogen-bond donors (Lipinski definition) is 2. The molecule has 1 aliphatic rings. The quantitative estimate of drug-likeness (QED) is 0.667. The first-order valence-electron chi connectivity index (χ1n) is 9.63. The number of anilines is 3. The molecular formula is C22H22ClN3O5. The third-order valence-corrected chi connectivity index (χ3v) is 5.17. The van der Waals surface area contributed by atoms with Crippen molar-refractivity contribution in [3.8, 4) is 0 Å². The number of halogens is 1. The normalized spacial score (nSPS) is 15.5. The predicted octanol–water partition coefficient (Wildman–Crippen LogP) is 3.14. The molecule has 2 aromatic rings. The summed E-state index contributed by atoms with van der Waals surface area (Å²) in [5.74, 6) is -2.17. The number of nitrogens with zero attached hydrogens (tertiary/aromatic N) is 1. The molecule has 1 fully saturated rings. The monoisotopic (exact) mass is 443 g/mol. The van der Waals surface area contributed by atoms with Gasteiger partial charge in [-0.2, -0.15) is 0 Å². The molecule has 9 heteroatoms. The van der Waals surface area contributed by atoms with Crippen molar-refractivity contribution in [2.45, 2.75) is 20.3 Å². The minimum Gasteiger partial charge on any atom is -0.455 e. The van der Waals surface area contributed by atoms with Crippen LogP contribution in [0.25, 0.3) is 0 Å². The summed E-state index contributed by atoms with van der Waals surface area (Å²) >= 11 is 6.13. The summed E-state index contributed by atoms with van der Waals surface area (Å²) in [6.07, 6.45) is 0.0105. The molecule has 0 saturated carbocycles. The fourth-order valence-electron chi connectivity index (χ4n) is 3.16. The van der Waals surface area contributed by atoms with Gasteiger partial charge in [0.1, 0.15) is 0 Å². The predicted molar refractivity (Wildman–Crippen MR) is 117 cm³/mol. The van der Waals surface area contributed by atoms with Crippen LogP contribution in [0, 0.1) is 12.8 Å². The maximum absolute atomic E-state index is 12.3. The van der Waals surface area contributed by atoms with Gasteiger partial charge in [-0.25, -0.2) is 0 Å². The van der Waals surface area contributed by atoms with Crippen LogP contribution in [0.4, 0.5) is 17.1 Å². The Morgan fingerprint density at radius 1 is 1.10 bits per heavy atom. The van der Waals surface area contributed by atoms with Crippen molar-refractivity contribution >= 4 is 52.4 Å². The average Bonchev–Trinajstić information content (AvgIpc) is 3.11. The Morgan fingerprint density at radius 2 is 1.74 bits per heavy atom. The van der Waals surface area contributed by atoms with Gasteiger partial charge in [-0.05, 0) is 48.9 Å². The molecular weight excluding hydrogens is 422 g/mol. The summed E-state index contributed by atoms with van der Waals surface area (Å²) in [6, 6.07) is 11.8. The number of nitrogens with one attached hydrogen (secondary N) is 2. The summed E-state index contributed by atoms with van der Waals surface area (Å²) in [7, 11) is 0. The fraction of sp³-hybridized carbons (Fsp3) is 0.273. The fourth-order valence-corrected chi connectivity index (χ4v) is 3.33. The highest BCUT2D eigenvalue weighted by atomic mass is 35.5. The molecule has 31 heavy (non-hydrogen) atoms. The standard InChI is InChI=1S/C22H22ClN3O5/c1-13-3-8-18(10-19(13)23)26-11-15(9-21(26)29)22(30)31-12-20(28)25-17-6-4-16(5-7-17)24-14(2)27/h3-8,10,15H,9,11-12H2,1-2H3,(H,24,27)(H,25,28)/t15-/m0/s1. The van der Waals surface area contributed by atoms with Crippen molar-refractivity contribution in [1.82, 2.24) is 0 Å². The minimum absolute atomic E-state index is 0.0105. The molecule has 1 atom stereocenters. The largest absolute Gasteiger partial charge is 0.455 e. The lowest BCUT2D eigenvalue weighted by Crippen LogP contribution is -2.28. The first kappa shape index (κ1) is 22.3. The number of amides is 3. The van der Waals surface area contributed by atoms with Crippen LogP contribution >= 0.6 is 11.6 Å². The van der Waals surface area contributed by atoms with Crippen LogP contribution in [0.2, 0.25) is 5.02 Å². The molecule has 2 N–H and O–H groups in total. The number of hydrogen-bond acceptors (Lipinski definition) is 5. The molecule has 3 rings (SSSR count). The molecule has 0 bridgehead atoms. The zero-order chi connectivity index (χ0) is 22.5. The van der Waals surface area contributed by atoms with Gasteiger partial charge >= 0.3 is 5.97 Å². The number of esters is 1. The van der Waals surface area contributed by atoms with Crippen molar-refractivity contribution < 1.29 is 23.9 Å². The van der Waals surface area contributed by atoms with Crippen LogP contribution in [0.5, 0.6) is 0 Å². The molecule has 0 aromatic heterocycles. The van der Waals surface area contributed by atoms with Gasteiger partial charge in [0.15, 0.2) is 6.61 Å². The van der Waals surface area contributed by atoms with Gasteiger partial charge in [-0.3, -0.25) is 19.2 Å². The van der Waals surface area contributed by atoms with Gasteiger partial charge in [0, 0.05) is 42.0 Å². The summed E-state index contributed by atoms with van der Waals surface area (Å²) in [5, 5.41) is 5.76. The van der Waals surface area contributed by atoms with Gasteiger partial charge in [0.2, 0.25) is 11.8 Å². The van der Waals surface area contributed by atoms with Crippen molar-refractivity contribution in [1.29, 1.82) is 0 Å². The van der Waals surface area contributed by atoms with Crippen LogP contribution < -0.4 is 15.5 Å². The van der Waals surface area contributed by atoms with Crippen molar-refractivity contribution in [2.24, 2.45) is 5.92 Å². The molecule has 1 aliphatic heterocycles. The van der Waals surface area contributed by atoms with Crippen molar-refractivity contribution in [3.63, 3.8) is 0 Å². The maximum Gasteiger partial charge on any atom is 0.311 e. The Kier molecular flexibility index (Phi) is 6.91. The van der Waals surface area contributed by atoms with E-state index < -0.39 is 24.4 Å². The highest BCUT2D eigenvalue weighted by Crippen LogP contribution is 2.29. The molecule has 0 spiro atoms. The number of ether oxygens (including phenoxy) is 1. The van der Waals surface area contributed by atoms with E-state index in [0.717, 1.165) is 5.56 Å². The Labute approximate surface area is 184 Å². The lowest BCUT2D eigenvalue weighted by Gasteiger charge is -2.17. The highest BCUT2D eigenvalue weighted by molar-refractivity contribution is 6.31. The second kappa shape index (κ2) is 9.61. The summed E-state index contributed by atoms with van der Waals surface area (Å²) in [4.78, 5) is 49.3. The molecule has 0 unspecified atom stereocenters. The maximum atomic E-state index is 12.3. The Hall–Kier alpha value is -3.39. The lowest BCUT2D eigenvalue weighted by molar-refractivity contribution is -0.151. The minimum atomic E-state index is -0.655. The zero-order valence-corrected chi connectivity index (χ0v) is 17.9. The second-order valence-electron chi connectivity index (χ2n) is 7.25. The second-order valence-corrected chi connectivity index (χ2v) is 7.66. The summed E-state index contributed by atoms with van der Waals surface area (Å²) < 4.78 is 5.10. The number of aryl methyl sites for hydroxylation is 1. The zero-order valence-electron chi connectivity index (χ0n) is 17.1. The summed E-state index contributed by atoms with van der Waals surface area (Å²) in [6.45, 7) is 2.97. The molecule has 8 nitrogen and oxygen atoms in total. The molecule has 1 heterocycles. The Balaban J connectivity index is 1.50. The van der Waals surface area contributed by atoms with E-state index in [9.17, 15) is 19.2 Å². The number of rotatable bonds is 6. The summed E-state index contributed by atoms with van der Waals surface area (Å²) in [5.41, 5.74) is 2.61. The topological polar surface area (TPSA) is 105 Å². The van der Waals surface area contributed by atoms with E-state index in [1.54, 1.807) is 36.4 Å². The Morgan fingerprint density at radius 3 is 2.35 bits per heavy atom. The lowest BCUT2D eigenvalue weighted by atomic mass is 10.1. The molecule has 3 amide bonds. The van der Waals surface area contributed by atoms with E-state index in [1.165, 1.54) is 11.8 Å². The van der Waals surface area contributed by atoms with E-state index in [2.05, 4.69) is 10.6 Å². The van der Waals surface area contributed by atoms with Crippen molar-refractivity contribution in [3.05, 3.63) is 53.1 Å². The highest BCUT2D eigenvalue weighted by Gasteiger charge is 2.36. The van der Waals surface area contributed by atoms with E-state index in [4.69, 9.17) is 16.3 Å². The first-order chi connectivity index (χ1) is 14.7. The third kappa shape index (κ3) is 5.82. The van der Waals surface area contributed by atoms with Gasteiger partial charge < -0.3 is 20.3 Å². The SMILES string of the molecule is CC(=O)Nc1ccc(NC(=O)COC(=O)[C@H]2CC(=O)N(c3ccc(C)c(Cl)c3)C2)cc1. The van der Waals surface area contributed by atoms with Crippen LogP contribution in [0.1, 0.15) is 18.9 Å². The van der Waals surface area contributed by atoms with Gasteiger partial charge in [0.25, 0.3) is 5.91 Å². The average molecular weight is 444 g/mol. The smallest absolute Gasteiger partial charge is 0.311 e. The van der Waals surface area contributed by atoms with Crippen LogP contribution in [-0.2, 0) is 23.9 Å². The van der Waals surface area contributed by atoms with Gasteiger partial charge in [-0.1, -0.05) is 17.7 Å². The Bertz CT molecular complexity index is 1020. The third-order valence-electron chi connectivity index (χ3n) is 4.76. The molecule has 0 radical (unpaired) electrons. The molecule has 0 aliphatic carbocycles. The van der Waals surface area contributed by atoms with E-state index in [-0.39, 0.29) is 24.8 Å². The van der Waals surface area contributed by atoms with Crippen molar-refractivity contribution in [2.75, 3.05) is 28.7 Å². The van der Waals surface area contributed by atoms with E-state index >= 15 is 0 Å². The number of carbonyl (C=O) groups is 4. The van der Waals surface area contributed by atoms with Gasteiger partial charge in [0.05, 0.1) is 5.92 Å². The van der Waals surface area contributed by atoms with Gasteiger partial charge in [-0.15, -0.1) is 0 Å². The molecule has 162 valence electrons. The van der Waals surface area contributed by atoms with Crippen LogP contribution in [-0.4, -0.2) is 36.8 Å². The van der Waals surface area contributed by atoms with Crippen LogP contribution in [0.15, 0.2) is 42.5 Å². The molecule has 1 saturated heterocycles. The molecule has 2 aromatic carbocycles.